The quantitative estimate of drug-likeness (QED) is 0.608. The number of fused-ring (bicyclic) bond motifs is 1. The minimum absolute atomic E-state index is 0.0357. The summed E-state index contributed by atoms with van der Waals surface area (Å²) in [6.45, 7) is 1.41. The number of carbonyl (C=O) groups excluding carboxylic acids is 1. The van der Waals surface area contributed by atoms with E-state index < -0.39 is 0 Å². The molecule has 5 nitrogen and oxygen atoms in total. The number of nitrogen functional groups attached to an aromatic ring is 1. The van der Waals surface area contributed by atoms with Crippen LogP contribution in [0.4, 0.5) is 5.82 Å². The Morgan fingerprint density at radius 2 is 1.83 bits per heavy atom. The summed E-state index contributed by atoms with van der Waals surface area (Å²) >= 11 is 6.13. The van der Waals surface area contributed by atoms with Gasteiger partial charge in [0.25, 0.3) is 5.91 Å². The number of hydrogen-bond donors (Lipinski definition) is 2. The number of nitrogens with two attached hydrogens (primary N) is 2. The molecule has 6 heteroatoms. The van der Waals surface area contributed by atoms with E-state index in [2.05, 4.69) is 16.8 Å². The molecule has 3 aromatic rings. The largest absolute Gasteiger partial charge is 0.383 e. The van der Waals surface area contributed by atoms with Gasteiger partial charge in [0.2, 0.25) is 0 Å². The fourth-order valence-corrected chi connectivity index (χ4v) is 3.62. The fraction of sp³-hybridized carbons (Fsp3) is 0.217. The minimum atomic E-state index is 0.0357. The third-order valence-corrected chi connectivity index (χ3v) is 5.41. The van der Waals surface area contributed by atoms with Gasteiger partial charge in [0.1, 0.15) is 5.82 Å². The van der Waals surface area contributed by atoms with Gasteiger partial charge in [-0.05, 0) is 49.2 Å². The van der Waals surface area contributed by atoms with Crippen LogP contribution < -0.4 is 11.5 Å². The van der Waals surface area contributed by atoms with Crippen molar-refractivity contribution in [3.05, 3.63) is 70.4 Å². The van der Waals surface area contributed by atoms with Crippen LogP contribution in [0.3, 0.4) is 0 Å². The second-order valence-corrected chi connectivity index (χ2v) is 7.64. The molecular formula is C23H21ClN4O. The van der Waals surface area contributed by atoms with Crippen molar-refractivity contribution >= 4 is 34.1 Å². The van der Waals surface area contributed by atoms with Crippen LogP contribution in [0, 0.1) is 11.8 Å². The maximum absolute atomic E-state index is 12.6. The average molecular weight is 405 g/mol. The highest BCUT2D eigenvalue weighted by Crippen LogP contribution is 2.25. The van der Waals surface area contributed by atoms with Gasteiger partial charge in [-0.2, -0.15) is 0 Å². The van der Waals surface area contributed by atoms with E-state index >= 15 is 0 Å². The second kappa shape index (κ2) is 8.12. The zero-order chi connectivity index (χ0) is 20.4. The summed E-state index contributed by atoms with van der Waals surface area (Å²) in [6.07, 6.45) is 3.40. The van der Waals surface area contributed by atoms with Crippen molar-refractivity contribution in [2.45, 2.75) is 18.9 Å². The molecule has 1 fully saturated rings. The van der Waals surface area contributed by atoms with Gasteiger partial charge in [0, 0.05) is 52.3 Å². The van der Waals surface area contributed by atoms with Gasteiger partial charge in [-0.15, -0.1) is 0 Å². The summed E-state index contributed by atoms with van der Waals surface area (Å²) in [5.41, 5.74) is 14.1. The van der Waals surface area contributed by atoms with Gasteiger partial charge in [-0.1, -0.05) is 29.5 Å². The molecule has 1 saturated heterocycles. The highest BCUT2D eigenvalue weighted by molar-refractivity contribution is 6.31. The Hall–Kier alpha value is -3.07. The van der Waals surface area contributed by atoms with Crippen molar-refractivity contribution in [2.24, 2.45) is 5.73 Å². The van der Waals surface area contributed by atoms with Crippen LogP contribution in [0.2, 0.25) is 5.02 Å². The highest BCUT2D eigenvalue weighted by atomic mass is 35.5. The topological polar surface area (TPSA) is 85.2 Å². The van der Waals surface area contributed by atoms with E-state index in [1.54, 1.807) is 6.20 Å². The van der Waals surface area contributed by atoms with E-state index in [9.17, 15) is 4.79 Å². The van der Waals surface area contributed by atoms with Crippen molar-refractivity contribution < 1.29 is 4.79 Å². The number of carbonyl (C=O) groups is 1. The standard InChI is InChI=1S/C23H21ClN4O/c24-18-7-6-17-14-27-22(26)20(21(17)13-18)8-3-15-1-4-16(5-2-15)23(29)28-11-9-19(25)10-12-28/h1-2,4-7,13-14,19H,9-12,25H2,(H2,26,27). The van der Waals surface area contributed by atoms with Gasteiger partial charge in [0.05, 0.1) is 5.56 Å². The first kappa shape index (κ1) is 19.3. The Labute approximate surface area is 174 Å². The van der Waals surface area contributed by atoms with Crippen LogP contribution in [0.5, 0.6) is 0 Å². The number of pyridine rings is 1. The number of piperidine rings is 1. The number of aromatic nitrogens is 1. The summed E-state index contributed by atoms with van der Waals surface area (Å²) in [5.74, 6) is 6.62. The first-order chi connectivity index (χ1) is 14.0. The second-order valence-electron chi connectivity index (χ2n) is 7.21. The molecule has 0 bridgehead atoms. The normalized spacial score (nSPS) is 14.5. The molecule has 4 N–H and O–H groups in total. The molecular weight excluding hydrogens is 384 g/mol. The van der Waals surface area contributed by atoms with Crippen molar-refractivity contribution in [3.63, 3.8) is 0 Å². The number of anilines is 1. The molecule has 0 atom stereocenters. The summed E-state index contributed by atoms with van der Waals surface area (Å²) in [6, 6.07) is 13.0. The van der Waals surface area contributed by atoms with Gasteiger partial charge in [-0.3, -0.25) is 4.79 Å². The van der Waals surface area contributed by atoms with Crippen LogP contribution in [0.1, 0.15) is 34.3 Å². The number of hydrogen-bond acceptors (Lipinski definition) is 4. The molecule has 1 aliphatic rings. The molecule has 146 valence electrons. The number of amides is 1. The summed E-state index contributed by atoms with van der Waals surface area (Å²) in [7, 11) is 0. The predicted octanol–water partition coefficient (Wildman–Crippen LogP) is 3.43. The molecule has 4 rings (SSSR count). The molecule has 1 amide bonds. The smallest absolute Gasteiger partial charge is 0.253 e. The summed E-state index contributed by atoms with van der Waals surface area (Å²) < 4.78 is 0. The zero-order valence-corrected chi connectivity index (χ0v) is 16.6. The first-order valence-corrected chi connectivity index (χ1v) is 9.90. The van der Waals surface area contributed by atoms with Crippen LogP contribution >= 0.6 is 11.6 Å². The maximum Gasteiger partial charge on any atom is 0.253 e. The first-order valence-electron chi connectivity index (χ1n) is 9.52. The molecule has 29 heavy (non-hydrogen) atoms. The van der Waals surface area contributed by atoms with E-state index in [-0.39, 0.29) is 11.9 Å². The van der Waals surface area contributed by atoms with Crippen molar-refractivity contribution in [1.82, 2.24) is 9.88 Å². The third-order valence-electron chi connectivity index (χ3n) is 5.17. The number of halogens is 1. The van der Waals surface area contributed by atoms with E-state index in [4.69, 9.17) is 23.1 Å². The third kappa shape index (κ3) is 4.19. The minimum Gasteiger partial charge on any atom is -0.383 e. The van der Waals surface area contributed by atoms with Gasteiger partial charge in [-0.25, -0.2) is 4.98 Å². The van der Waals surface area contributed by atoms with Crippen LogP contribution in [0.15, 0.2) is 48.7 Å². The molecule has 0 unspecified atom stereocenters. The zero-order valence-electron chi connectivity index (χ0n) is 15.9. The Morgan fingerprint density at radius 3 is 2.55 bits per heavy atom. The molecule has 0 spiro atoms. The van der Waals surface area contributed by atoms with Crippen LogP contribution in [0.25, 0.3) is 10.8 Å². The lowest BCUT2D eigenvalue weighted by Crippen LogP contribution is -2.42. The number of rotatable bonds is 1. The SMILES string of the molecule is Nc1ncc2ccc(Cl)cc2c1C#Cc1ccc(C(=O)N2CCC(N)CC2)cc1. The highest BCUT2D eigenvalue weighted by Gasteiger charge is 2.21. The molecule has 1 aliphatic heterocycles. The molecule has 0 radical (unpaired) electrons. The van der Waals surface area contributed by atoms with Gasteiger partial charge >= 0.3 is 0 Å². The molecule has 2 heterocycles. The Kier molecular flexibility index (Phi) is 5.39. The monoisotopic (exact) mass is 404 g/mol. The molecule has 0 saturated carbocycles. The molecule has 1 aromatic heterocycles. The summed E-state index contributed by atoms with van der Waals surface area (Å²) in [4.78, 5) is 18.7. The van der Waals surface area contributed by atoms with Crippen LogP contribution in [-0.2, 0) is 0 Å². The number of likely N-dealkylation sites (tertiary alicyclic amines) is 1. The van der Waals surface area contributed by atoms with E-state index in [1.807, 2.05) is 47.4 Å². The number of benzene rings is 2. The average Bonchev–Trinajstić information content (AvgIpc) is 2.73. The lowest BCUT2D eigenvalue weighted by Gasteiger charge is -2.30. The number of nitrogens with zero attached hydrogens (tertiary/aromatic N) is 2. The van der Waals surface area contributed by atoms with Gasteiger partial charge < -0.3 is 16.4 Å². The van der Waals surface area contributed by atoms with E-state index in [0.717, 1.165) is 29.2 Å². The summed E-state index contributed by atoms with van der Waals surface area (Å²) in [5, 5.41) is 2.41. The van der Waals surface area contributed by atoms with Crippen molar-refractivity contribution in [2.75, 3.05) is 18.8 Å². The fourth-order valence-electron chi connectivity index (χ4n) is 3.45. The van der Waals surface area contributed by atoms with Gasteiger partial charge in [0.15, 0.2) is 0 Å². The Balaban J connectivity index is 1.57. The lowest BCUT2D eigenvalue weighted by atomic mass is 10.0. The van der Waals surface area contributed by atoms with E-state index in [1.165, 1.54) is 0 Å². The lowest BCUT2D eigenvalue weighted by molar-refractivity contribution is 0.0715. The Bertz CT molecular complexity index is 1120. The van der Waals surface area contributed by atoms with Crippen molar-refractivity contribution in [1.29, 1.82) is 0 Å². The molecule has 0 aliphatic carbocycles. The van der Waals surface area contributed by atoms with Crippen molar-refractivity contribution in [3.8, 4) is 11.8 Å². The molecule has 2 aromatic carbocycles. The van der Waals surface area contributed by atoms with E-state index in [0.29, 0.717) is 35.1 Å². The predicted molar refractivity (Wildman–Crippen MR) is 117 cm³/mol. The van der Waals surface area contributed by atoms with Crippen LogP contribution in [-0.4, -0.2) is 34.9 Å². The Morgan fingerprint density at radius 1 is 1.10 bits per heavy atom. The maximum atomic E-state index is 12.6.